The summed E-state index contributed by atoms with van der Waals surface area (Å²) in [5, 5.41) is 0. The lowest BCUT2D eigenvalue weighted by molar-refractivity contribution is 0.307. The molecular weight excluding hydrogens is 263 g/mol. The molecule has 21 heavy (non-hydrogen) atoms. The van der Waals surface area contributed by atoms with Gasteiger partial charge < -0.3 is 4.74 Å². The van der Waals surface area contributed by atoms with Crippen LogP contribution in [0.5, 0.6) is 5.75 Å². The van der Waals surface area contributed by atoms with E-state index in [1.54, 1.807) is 6.07 Å². The molecule has 0 heterocycles. The second kappa shape index (κ2) is 6.23. The highest BCUT2D eigenvalue weighted by molar-refractivity contribution is 5.70. The summed E-state index contributed by atoms with van der Waals surface area (Å²) in [4.78, 5) is 0. The molecule has 2 heteroatoms. The Morgan fingerprint density at radius 3 is 2.48 bits per heavy atom. The Bertz CT molecular complexity index is 722. The Balaban J connectivity index is 1.86. The van der Waals surface area contributed by atoms with Crippen molar-refractivity contribution in [2.45, 2.75) is 6.61 Å². The summed E-state index contributed by atoms with van der Waals surface area (Å²) in [6.07, 6.45) is 0. The van der Waals surface area contributed by atoms with Crippen molar-refractivity contribution >= 4 is 0 Å². The van der Waals surface area contributed by atoms with Crippen LogP contribution in [0.3, 0.4) is 0 Å². The predicted molar refractivity (Wildman–Crippen MR) is 81.4 cm³/mol. The van der Waals surface area contributed by atoms with Crippen LogP contribution in [0.2, 0.25) is 0 Å². The molecule has 0 unspecified atom stereocenters. The molecule has 1 radical (unpaired) electrons. The van der Waals surface area contributed by atoms with E-state index in [2.05, 4.69) is 6.07 Å². The predicted octanol–water partition coefficient (Wildman–Crippen LogP) is 4.87. The highest BCUT2D eigenvalue weighted by Gasteiger charge is 2.06. The number of para-hydroxylation sites is 1. The van der Waals surface area contributed by atoms with E-state index in [4.69, 9.17) is 4.74 Å². The minimum absolute atomic E-state index is 0.370. The van der Waals surface area contributed by atoms with E-state index in [1.165, 1.54) is 6.07 Å². The average molecular weight is 277 g/mol. The Hall–Kier alpha value is -2.61. The molecule has 0 aromatic heterocycles. The first-order valence-corrected chi connectivity index (χ1v) is 6.76. The molecule has 103 valence electrons. The van der Waals surface area contributed by atoms with E-state index < -0.39 is 0 Å². The smallest absolute Gasteiger partial charge is 0.131 e. The molecule has 3 aromatic rings. The number of hydrogen-bond acceptors (Lipinski definition) is 1. The topological polar surface area (TPSA) is 9.23 Å². The summed E-state index contributed by atoms with van der Waals surface area (Å²) >= 11 is 0. The van der Waals surface area contributed by atoms with Crippen molar-refractivity contribution in [1.82, 2.24) is 0 Å². The van der Waals surface area contributed by atoms with Gasteiger partial charge in [0.2, 0.25) is 0 Å². The second-order valence-electron chi connectivity index (χ2n) is 4.70. The zero-order valence-corrected chi connectivity index (χ0v) is 11.4. The number of rotatable bonds is 4. The van der Waals surface area contributed by atoms with Gasteiger partial charge in [0.25, 0.3) is 0 Å². The van der Waals surface area contributed by atoms with Crippen molar-refractivity contribution in [2.75, 3.05) is 0 Å². The number of hydrogen-bond donors (Lipinski definition) is 0. The van der Waals surface area contributed by atoms with Crippen molar-refractivity contribution in [3.63, 3.8) is 0 Å². The van der Waals surface area contributed by atoms with Gasteiger partial charge >= 0.3 is 0 Å². The van der Waals surface area contributed by atoms with Crippen LogP contribution in [0.1, 0.15) is 5.56 Å². The van der Waals surface area contributed by atoms with Gasteiger partial charge in [-0.3, -0.25) is 0 Å². The third-order valence-corrected chi connectivity index (χ3v) is 3.20. The van der Waals surface area contributed by atoms with Crippen LogP contribution >= 0.6 is 0 Å². The van der Waals surface area contributed by atoms with Crippen LogP contribution < -0.4 is 4.74 Å². The van der Waals surface area contributed by atoms with Crippen molar-refractivity contribution in [3.05, 3.63) is 90.2 Å². The van der Waals surface area contributed by atoms with Gasteiger partial charge in [-0.1, -0.05) is 60.7 Å². The van der Waals surface area contributed by atoms with Gasteiger partial charge in [0.05, 0.1) is 0 Å². The summed E-state index contributed by atoms with van der Waals surface area (Å²) < 4.78 is 19.2. The fourth-order valence-electron chi connectivity index (χ4n) is 2.17. The number of ether oxygens (including phenoxy) is 1. The molecule has 1 nitrogen and oxygen atoms in total. The molecule has 0 aliphatic rings. The molecule has 0 aliphatic heterocycles. The molecule has 0 atom stereocenters. The molecule has 0 spiro atoms. The maximum absolute atomic E-state index is 13.3. The van der Waals surface area contributed by atoms with E-state index in [-0.39, 0.29) is 5.82 Å². The van der Waals surface area contributed by atoms with Crippen molar-refractivity contribution in [1.29, 1.82) is 0 Å². The Morgan fingerprint density at radius 2 is 1.67 bits per heavy atom. The van der Waals surface area contributed by atoms with Gasteiger partial charge in [0.1, 0.15) is 18.2 Å². The number of halogens is 1. The number of benzene rings is 3. The fourth-order valence-corrected chi connectivity index (χ4v) is 2.17. The molecule has 0 aliphatic carbocycles. The summed E-state index contributed by atoms with van der Waals surface area (Å²) in [5.41, 5.74) is 2.76. The van der Waals surface area contributed by atoms with E-state index in [1.807, 2.05) is 60.7 Å². The monoisotopic (exact) mass is 277 g/mol. The maximum Gasteiger partial charge on any atom is 0.131 e. The molecule has 0 saturated heterocycles. The molecule has 3 rings (SSSR count). The molecule has 3 aromatic carbocycles. The normalized spacial score (nSPS) is 10.3. The van der Waals surface area contributed by atoms with Crippen LogP contribution in [-0.2, 0) is 6.61 Å². The molecule has 0 N–H and O–H groups in total. The van der Waals surface area contributed by atoms with E-state index in [0.29, 0.717) is 6.61 Å². The first-order valence-electron chi connectivity index (χ1n) is 6.76. The van der Waals surface area contributed by atoms with Crippen LogP contribution in [-0.4, -0.2) is 0 Å². The van der Waals surface area contributed by atoms with Gasteiger partial charge in [-0.15, -0.1) is 0 Å². The SMILES string of the molecule is Fc1[c]ccc(-c2ccccc2OCc2ccccc2)c1. The van der Waals surface area contributed by atoms with Crippen molar-refractivity contribution < 1.29 is 9.13 Å². The molecule has 0 amide bonds. The minimum Gasteiger partial charge on any atom is -0.488 e. The zero-order chi connectivity index (χ0) is 14.5. The van der Waals surface area contributed by atoms with Crippen LogP contribution in [0.4, 0.5) is 4.39 Å². The quantitative estimate of drug-likeness (QED) is 0.661. The lowest BCUT2D eigenvalue weighted by Gasteiger charge is -2.11. The van der Waals surface area contributed by atoms with E-state index in [9.17, 15) is 4.39 Å². The molecule has 0 bridgehead atoms. The zero-order valence-electron chi connectivity index (χ0n) is 11.4. The summed E-state index contributed by atoms with van der Waals surface area (Å²) in [7, 11) is 0. The lowest BCUT2D eigenvalue weighted by Crippen LogP contribution is -1.96. The summed E-state index contributed by atoms with van der Waals surface area (Å²) in [6, 6.07) is 25.0. The second-order valence-corrected chi connectivity index (χ2v) is 4.70. The van der Waals surface area contributed by atoms with Crippen LogP contribution in [0, 0.1) is 11.9 Å². The van der Waals surface area contributed by atoms with Gasteiger partial charge in [-0.05, 0) is 23.3 Å². The van der Waals surface area contributed by atoms with E-state index >= 15 is 0 Å². The van der Waals surface area contributed by atoms with E-state index in [0.717, 1.165) is 22.4 Å². The third kappa shape index (κ3) is 3.29. The Labute approximate surface area is 123 Å². The molecule has 0 fully saturated rings. The lowest BCUT2D eigenvalue weighted by atomic mass is 10.0. The Kier molecular flexibility index (Phi) is 3.97. The van der Waals surface area contributed by atoms with Crippen LogP contribution in [0.25, 0.3) is 11.1 Å². The average Bonchev–Trinajstić information content (AvgIpc) is 2.54. The largest absolute Gasteiger partial charge is 0.488 e. The molecule has 0 saturated carbocycles. The first-order chi connectivity index (χ1) is 10.3. The summed E-state index contributed by atoms with van der Waals surface area (Å²) in [6.45, 7) is 0.485. The van der Waals surface area contributed by atoms with Crippen LogP contribution in [0.15, 0.2) is 72.8 Å². The van der Waals surface area contributed by atoms with Gasteiger partial charge in [-0.25, -0.2) is 4.39 Å². The highest BCUT2D eigenvalue weighted by Crippen LogP contribution is 2.30. The van der Waals surface area contributed by atoms with Crippen molar-refractivity contribution in [2.24, 2.45) is 0 Å². The standard InChI is InChI=1S/C19H14FO/c20-17-10-6-9-16(13-17)18-11-4-5-12-19(18)21-14-15-7-2-1-3-8-15/h1-9,11-13H,14H2. The van der Waals surface area contributed by atoms with Crippen molar-refractivity contribution in [3.8, 4) is 16.9 Å². The summed E-state index contributed by atoms with van der Waals surface area (Å²) in [5.74, 6) is 0.373. The first kappa shape index (κ1) is 13.4. The minimum atomic E-state index is -0.370. The Morgan fingerprint density at radius 1 is 0.905 bits per heavy atom. The van der Waals surface area contributed by atoms with Gasteiger partial charge in [-0.2, -0.15) is 0 Å². The van der Waals surface area contributed by atoms with Gasteiger partial charge in [0.15, 0.2) is 0 Å². The molecular formula is C19H14FO. The highest BCUT2D eigenvalue weighted by atomic mass is 19.1. The fraction of sp³-hybridized carbons (Fsp3) is 0.0526. The van der Waals surface area contributed by atoms with Gasteiger partial charge in [0, 0.05) is 11.6 Å². The maximum atomic E-state index is 13.3. The third-order valence-electron chi connectivity index (χ3n) is 3.20.